The number of nitrogens with zero attached hydrogens (tertiary/aromatic N) is 6. The van der Waals surface area contributed by atoms with Gasteiger partial charge in [-0.05, 0) is 47.6 Å². The average Bonchev–Trinajstić information content (AvgIpc) is 3.71. The summed E-state index contributed by atoms with van der Waals surface area (Å²) < 4.78 is 8.19. The van der Waals surface area contributed by atoms with Crippen LogP contribution in [0, 0.1) is 0 Å². The molecule has 12 nitrogen and oxygen atoms in total. The van der Waals surface area contributed by atoms with Crippen molar-refractivity contribution >= 4 is 40.5 Å². The van der Waals surface area contributed by atoms with Crippen molar-refractivity contribution in [1.29, 1.82) is 0 Å². The van der Waals surface area contributed by atoms with E-state index < -0.39 is 11.9 Å². The number of nitrogens with one attached hydrogen (secondary N) is 1. The fourth-order valence-electron chi connectivity index (χ4n) is 7.56. The monoisotopic (exact) mass is 709 g/mol. The van der Waals surface area contributed by atoms with Crippen LogP contribution >= 0.6 is 0 Å². The summed E-state index contributed by atoms with van der Waals surface area (Å²) in [6, 6.07) is 17.0. The second-order valence-electron chi connectivity index (χ2n) is 13.6. The number of hydrogen-bond acceptors (Lipinski definition) is 8. The van der Waals surface area contributed by atoms with E-state index in [4.69, 9.17) is 14.7 Å². The maximum Gasteiger partial charge on any atom is 0.255 e. The number of ether oxygens (including phenoxy) is 1. The number of piperidine rings is 1. The van der Waals surface area contributed by atoms with E-state index in [0.717, 1.165) is 68.9 Å². The molecule has 4 amide bonds. The molecule has 0 saturated carbocycles. The van der Waals surface area contributed by atoms with Gasteiger partial charge in [0.1, 0.15) is 11.9 Å². The third-order valence-electron chi connectivity index (χ3n) is 10.3. The summed E-state index contributed by atoms with van der Waals surface area (Å²) in [7, 11) is 0. The molecule has 3 aromatic heterocycles. The van der Waals surface area contributed by atoms with E-state index in [9.17, 15) is 19.2 Å². The average molecular weight is 710 g/mol. The van der Waals surface area contributed by atoms with Crippen LogP contribution in [-0.2, 0) is 40.4 Å². The maximum absolute atomic E-state index is 13.1. The third kappa shape index (κ3) is 6.45. The van der Waals surface area contributed by atoms with Crippen LogP contribution in [0.15, 0.2) is 73.1 Å². The van der Waals surface area contributed by atoms with Crippen LogP contribution in [0.4, 0.5) is 0 Å². The van der Waals surface area contributed by atoms with Gasteiger partial charge in [0, 0.05) is 79.9 Å². The Morgan fingerprint density at radius 1 is 1.00 bits per heavy atom. The van der Waals surface area contributed by atoms with E-state index in [1.807, 2.05) is 53.6 Å². The topological polar surface area (TPSA) is 140 Å². The lowest BCUT2D eigenvalue weighted by atomic mass is 10.0. The molecule has 268 valence electrons. The molecule has 6 heterocycles. The number of carbonyl (C=O) groups is 4. The lowest BCUT2D eigenvalue weighted by Crippen LogP contribution is -2.52. The molecule has 8 rings (SSSR count). The minimum atomic E-state index is -0.642. The first-order valence-electron chi connectivity index (χ1n) is 18.0. The first-order chi connectivity index (χ1) is 25.8. The normalized spacial score (nSPS) is 17.0. The van der Waals surface area contributed by atoms with Gasteiger partial charge in [-0.25, -0.2) is 9.97 Å². The van der Waals surface area contributed by atoms with Crippen molar-refractivity contribution in [2.75, 3.05) is 13.2 Å². The zero-order chi connectivity index (χ0) is 36.6. The number of carbonyl (C=O) groups excluding carboxylic acids is 4. The summed E-state index contributed by atoms with van der Waals surface area (Å²) in [5, 5.41) is 4.39. The number of rotatable bonds is 9. The Labute approximate surface area is 306 Å². The number of amides is 4. The van der Waals surface area contributed by atoms with E-state index in [-0.39, 0.29) is 24.1 Å². The summed E-state index contributed by atoms with van der Waals surface area (Å²) in [6.07, 6.45) is 9.62. The van der Waals surface area contributed by atoms with Crippen LogP contribution in [0.1, 0.15) is 66.1 Å². The first-order valence-corrected chi connectivity index (χ1v) is 18.0. The summed E-state index contributed by atoms with van der Waals surface area (Å²) in [5.41, 5.74) is 7.02. The third-order valence-corrected chi connectivity index (χ3v) is 10.3. The number of fused-ring (bicyclic) bond motifs is 3. The van der Waals surface area contributed by atoms with Crippen molar-refractivity contribution in [3.63, 3.8) is 0 Å². The van der Waals surface area contributed by atoms with E-state index in [2.05, 4.69) is 40.0 Å². The zero-order valence-corrected chi connectivity index (χ0v) is 29.7. The highest BCUT2D eigenvalue weighted by Crippen LogP contribution is 2.35. The Hall–Kier alpha value is -6.17. The summed E-state index contributed by atoms with van der Waals surface area (Å²) >= 11 is 0. The molecular weight excluding hydrogens is 670 g/mol. The molecule has 12 heteroatoms. The smallest absolute Gasteiger partial charge is 0.255 e. The molecule has 1 saturated heterocycles. The van der Waals surface area contributed by atoms with Gasteiger partial charge in [0.2, 0.25) is 23.6 Å². The van der Waals surface area contributed by atoms with Crippen molar-refractivity contribution in [2.45, 2.75) is 65.2 Å². The number of benzene rings is 2. The molecule has 1 fully saturated rings. The molecule has 1 N–H and O–H groups in total. The van der Waals surface area contributed by atoms with E-state index in [1.54, 1.807) is 24.1 Å². The van der Waals surface area contributed by atoms with Gasteiger partial charge in [0.15, 0.2) is 0 Å². The molecule has 2 aromatic carbocycles. The lowest BCUT2D eigenvalue weighted by Gasteiger charge is -2.29. The highest BCUT2D eigenvalue weighted by Gasteiger charge is 2.39. The predicted molar refractivity (Wildman–Crippen MR) is 198 cm³/mol. The number of aromatic nitrogens is 4. The minimum Gasteiger partial charge on any atom is -0.477 e. The number of hydrogen-bond donors (Lipinski definition) is 1. The van der Waals surface area contributed by atoms with Crippen molar-refractivity contribution < 1.29 is 23.9 Å². The van der Waals surface area contributed by atoms with Crippen LogP contribution < -0.4 is 10.1 Å². The largest absolute Gasteiger partial charge is 0.477 e. The number of aryl methyl sites for hydroxylation is 1. The number of imide groups is 1. The molecule has 1 unspecified atom stereocenters. The molecule has 3 aliphatic rings. The molecule has 0 spiro atoms. The molecule has 0 aliphatic carbocycles. The van der Waals surface area contributed by atoms with Gasteiger partial charge in [0.25, 0.3) is 5.91 Å². The van der Waals surface area contributed by atoms with E-state index >= 15 is 0 Å². The predicted octanol–water partition coefficient (Wildman–Crippen LogP) is 5.33. The highest BCUT2D eigenvalue weighted by atomic mass is 16.5. The first kappa shape index (κ1) is 33.9. The summed E-state index contributed by atoms with van der Waals surface area (Å²) in [4.78, 5) is 67.2. The van der Waals surface area contributed by atoms with Gasteiger partial charge in [-0.3, -0.25) is 29.5 Å². The molecular formula is C41H39N7O5. The quantitative estimate of drug-likeness (QED) is 0.160. The van der Waals surface area contributed by atoms with Crippen LogP contribution in [0.2, 0.25) is 0 Å². The van der Waals surface area contributed by atoms with Crippen LogP contribution in [0.5, 0.6) is 5.88 Å². The van der Waals surface area contributed by atoms with Crippen LogP contribution in [0.25, 0.3) is 39.4 Å². The summed E-state index contributed by atoms with van der Waals surface area (Å²) in [6.45, 7) is 6.45. The van der Waals surface area contributed by atoms with Gasteiger partial charge in [-0.2, -0.15) is 0 Å². The molecule has 1 atom stereocenters. The van der Waals surface area contributed by atoms with Gasteiger partial charge < -0.3 is 19.1 Å². The SMILES string of the molecule is CCc1nc(-c2cccc3cc(-c4ccc(OCC/C=C/c5cccc6c5CN(C5CCC(=O)NC5=O)C6=O)nc4)ncc23)c2n1CCN(C(C)=O)C2. The lowest BCUT2D eigenvalue weighted by molar-refractivity contribution is -0.137. The van der Waals surface area contributed by atoms with Crippen molar-refractivity contribution in [1.82, 2.24) is 34.6 Å². The van der Waals surface area contributed by atoms with E-state index in [1.165, 1.54) is 0 Å². The van der Waals surface area contributed by atoms with Crippen molar-refractivity contribution in [3.05, 3.63) is 101 Å². The Bertz CT molecular complexity index is 2310. The molecule has 53 heavy (non-hydrogen) atoms. The number of pyridine rings is 2. The number of imidazole rings is 1. The molecule has 0 bridgehead atoms. The fraction of sp³-hybridized carbons (Fsp3) is 0.293. The fourth-order valence-corrected chi connectivity index (χ4v) is 7.56. The Balaban J connectivity index is 0.913. The molecule has 3 aliphatic heterocycles. The Kier molecular flexibility index (Phi) is 9.03. The van der Waals surface area contributed by atoms with Gasteiger partial charge in [0.05, 0.1) is 30.2 Å². The van der Waals surface area contributed by atoms with Crippen LogP contribution in [0.3, 0.4) is 0 Å². The van der Waals surface area contributed by atoms with Gasteiger partial charge in [-0.15, -0.1) is 0 Å². The highest BCUT2D eigenvalue weighted by molar-refractivity contribution is 6.06. The molecule has 5 aromatic rings. The second kappa shape index (κ2) is 14.1. The van der Waals surface area contributed by atoms with Crippen molar-refractivity contribution in [3.8, 4) is 28.4 Å². The van der Waals surface area contributed by atoms with Gasteiger partial charge >= 0.3 is 0 Å². The second-order valence-corrected chi connectivity index (χ2v) is 13.6. The Morgan fingerprint density at radius 3 is 2.64 bits per heavy atom. The van der Waals surface area contributed by atoms with Gasteiger partial charge in [-0.1, -0.05) is 49.4 Å². The van der Waals surface area contributed by atoms with E-state index in [0.29, 0.717) is 50.5 Å². The standard InChI is InChI=1S/C41H39N7O5/c1-3-36-44-39(35-24-46(25(2)49)17-18-47(35)36)29-11-7-10-27-20-33(42-22-31(27)29)28-13-16-38(43-21-28)53-19-5-4-8-26-9-6-12-30-32(26)23-48(41(30)52)34-14-15-37(50)45-40(34)51/h4,6-13,16,20-22,34H,3,5,14-15,17-19,23-24H2,1-2H3,(H,45,50,51)/b8-4+. The van der Waals surface area contributed by atoms with Crippen molar-refractivity contribution in [2.24, 2.45) is 0 Å². The van der Waals surface area contributed by atoms with Crippen LogP contribution in [-0.4, -0.2) is 72.1 Å². The summed E-state index contributed by atoms with van der Waals surface area (Å²) in [5.74, 6) is 0.700. The molecule has 0 radical (unpaired) electrons. The maximum atomic E-state index is 13.1. The Morgan fingerprint density at radius 2 is 1.85 bits per heavy atom. The minimum absolute atomic E-state index is 0.0702. The zero-order valence-electron chi connectivity index (χ0n) is 29.7.